The van der Waals surface area contributed by atoms with Crippen LogP contribution < -0.4 is 14.5 Å². The van der Waals surface area contributed by atoms with Gasteiger partial charge in [0.05, 0.1) is 13.2 Å². The molecule has 0 N–H and O–H groups in total. The van der Waals surface area contributed by atoms with Crippen LogP contribution >= 0.6 is 0 Å². The number of fused-ring (bicyclic) bond motifs is 1. The highest BCUT2D eigenvalue weighted by molar-refractivity contribution is 6.07. The molecule has 0 saturated heterocycles. The van der Waals surface area contributed by atoms with E-state index in [9.17, 15) is 9.59 Å². The van der Waals surface area contributed by atoms with Gasteiger partial charge in [0.1, 0.15) is 5.75 Å². The Morgan fingerprint density at radius 2 is 1.58 bits per heavy atom. The van der Waals surface area contributed by atoms with Crippen molar-refractivity contribution in [1.82, 2.24) is 0 Å². The third kappa shape index (κ3) is 4.36. The normalized spacial score (nSPS) is 17.4. The highest BCUT2D eigenvalue weighted by Gasteiger charge is 2.39. The standard InChI is InChI=1S/C28H30N2O3/c1-19(2)27(31)29-20(3)18-26(24-12-8-9-13-25(24)29)30(22-10-6-5-7-11-22)28(32)21-14-16-23(33-4)17-15-21/h5-17,19-20,26H,18H2,1-4H3/t20-,26+/m1/s1. The van der Waals surface area contributed by atoms with Crippen LogP contribution in [0.4, 0.5) is 11.4 Å². The lowest BCUT2D eigenvalue weighted by molar-refractivity contribution is -0.122. The fraction of sp³-hybridized carbons (Fsp3) is 0.286. The minimum Gasteiger partial charge on any atom is -0.497 e. The van der Waals surface area contributed by atoms with Gasteiger partial charge < -0.3 is 14.5 Å². The van der Waals surface area contributed by atoms with Crippen LogP contribution in [0.25, 0.3) is 0 Å². The first kappa shape index (κ1) is 22.6. The van der Waals surface area contributed by atoms with Crippen LogP contribution in [0.2, 0.25) is 0 Å². The molecule has 0 unspecified atom stereocenters. The summed E-state index contributed by atoms with van der Waals surface area (Å²) in [5.41, 5.74) is 3.28. The molecule has 0 aromatic heterocycles. The Labute approximate surface area is 195 Å². The maximum absolute atomic E-state index is 13.9. The molecule has 0 aliphatic carbocycles. The molecule has 4 rings (SSSR count). The van der Waals surface area contributed by atoms with Gasteiger partial charge in [0.25, 0.3) is 5.91 Å². The minimum absolute atomic E-state index is 0.0466. The van der Waals surface area contributed by atoms with Crippen LogP contribution in [0.5, 0.6) is 5.75 Å². The fourth-order valence-corrected chi connectivity index (χ4v) is 4.54. The smallest absolute Gasteiger partial charge is 0.258 e. The number of para-hydroxylation sites is 2. The van der Waals surface area contributed by atoms with Gasteiger partial charge in [-0.15, -0.1) is 0 Å². The van der Waals surface area contributed by atoms with Crippen molar-refractivity contribution in [3.8, 4) is 5.75 Å². The topological polar surface area (TPSA) is 49.9 Å². The van der Waals surface area contributed by atoms with Crippen molar-refractivity contribution >= 4 is 23.2 Å². The summed E-state index contributed by atoms with van der Waals surface area (Å²) >= 11 is 0. The average molecular weight is 443 g/mol. The third-order valence-corrected chi connectivity index (χ3v) is 6.19. The summed E-state index contributed by atoms with van der Waals surface area (Å²) in [6, 6.07) is 24.6. The molecule has 33 heavy (non-hydrogen) atoms. The average Bonchev–Trinajstić information content (AvgIpc) is 2.84. The number of benzene rings is 3. The van der Waals surface area contributed by atoms with E-state index in [0.29, 0.717) is 17.7 Å². The van der Waals surface area contributed by atoms with Gasteiger partial charge in [0.15, 0.2) is 0 Å². The SMILES string of the molecule is COc1ccc(C(=O)N(c2ccccc2)[C@H]2C[C@@H](C)N(C(=O)C(C)C)c3ccccc32)cc1. The van der Waals surface area contributed by atoms with Crippen molar-refractivity contribution in [1.29, 1.82) is 0 Å². The third-order valence-electron chi connectivity index (χ3n) is 6.19. The number of carbonyl (C=O) groups excluding carboxylic acids is 2. The van der Waals surface area contributed by atoms with Gasteiger partial charge in [-0.3, -0.25) is 9.59 Å². The summed E-state index contributed by atoms with van der Waals surface area (Å²) in [5, 5.41) is 0. The molecule has 1 aliphatic rings. The van der Waals surface area contributed by atoms with Gasteiger partial charge in [-0.25, -0.2) is 0 Å². The lowest BCUT2D eigenvalue weighted by Crippen LogP contribution is -2.49. The second kappa shape index (κ2) is 9.49. The summed E-state index contributed by atoms with van der Waals surface area (Å²) < 4.78 is 5.26. The quantitative estimate of drug-likeness (QED) is 0.497. The Bertz CT molecular complexity index is 1130. The summed E-state index contributed by atoms with van der Waals surface area (Å²) in [5.74, 6) is 0.612. The molecule has 1 heterocycles. The Morgan fingerprint density at radius 3 is 2.21 bits per heavy atom. The van der Waals surface area contributed by atoms with Crippen molar-refractivity contribution in [2.75, 3.05) is 16.9 Å². The first-order chi connectivity index (χ1) is 15.9. The molecule has 1 aliphatic heterocycles. The van der Waals surface area contributed by atoms with Crippen molar-refractivity contribution < 1.29 is 14.3 Å². The molecule has 0 saturated carbocycles. The molecule has 3 aromatic rings. The molecule has 0 radical (unpaired) electrons. The number of anilines is 2. The zero-order valence-electron chi connectivity index (χ0n) is 19.6. The van der Waals surface area contributed by atoms with Gasteiger partial charge in [-0.05, 0) is 61.4 Å². The van der Waals surface area contributed by atoms with Gasteiger partial charge in [-0.1, -0.05) is 50.2 Å². The summed E-state index contributed by atoms with van der Waals surface area (Å²) in [7, 11) is 1.61. The Balaban J connectivity index is 1.82. The second-order valence-corrected chi connectivity index (χ2v) is 8.76. The molecule has 170 valence electrons. The van der Waals surface area contributed by atoms with Crippen molar-refractivity contribution in [3.05, 3.63) is 90.0 Å². The molecule has 2 atom stereocenters. The van der Waals surface area contributed by atoms with E-state index >= 15 is 0 Å². The van der Waals surface area contributed by atoms with Crippen molar-refractivity contribution in [3.63, 3.8) is 0 Å². The number of rotatable bonds is 5. The van der Waals surface area contributed by atoms with Crippen LogP contribution in [0.3, 0.4) is 0 Å². The predicted molar refractivity (Wildman–Crippen MR) is 132 cm³/mol. The van der Waals surface area contributed by atoms with Gasteiger partial charge >= 0.3 is 0 Å². The number of hydrogen-bond acceptors (Lipinski definition) is 3. The van der Waals surface area contributed by atoms with Gasteiger partial charge in [-0.2, -0.15) is 0 Å². The van der Waals surface area contributed by atoms with Crippen LogP contribution in [0.15, 0.2) is 78.9 Å². The van der Waals surface area contributed by atoms with E-state index in [1.165, 1.54) is 0 Å². The highest BCUT2D eigenvalue weighted by Crippen LogP contribution is 2.43. The predicted octanol–water partition coefficient (Wildman–Crippen LogP) is 5.86. The summed E-state index contributed by atoms with van der Waals surface area (Å²) in [6.45, 7) is 5.91. The zero-order chi connectivity index (χ0) is 23.5. The van der Waals surface area contributed by atoms with Crippen molar-refractivity contribution in [2.24, 2.45) is 5.92 Å². The van der Waals surface area contributed by atoms with Crippen LogP contribution in [0, 0.1) is 5.92 Å². The molecule has 5 heteroatoms. The maximum atomic E-state index is 13.9. The minimum atomic E-state index is -0.204. The lowest BCUT2D eigenvalue weighted by Gasteiger charge is -2.44. The lowest BCUT2D eigenvalue weighted by atomic mass is 9.88. The number of amides is 2. The Morgan fingerprint density at radius 1 is 0.939 bits per heavy atom. The maximum Gasteiger partial charge on any atom is 0.258 e. The van der Waals surface area contributed by atoms with E-state index in [-0.39, 0.29) is 29.8 Å². The molecule has 5 nitrogen and oxygen atoms in total. The summed E-state index contributed by atoms with van der Waals surface area (Å²) in [6.07, 6.45) is 0.645. The molecule has 0 spiro atoms. The monoisotopic (exact) mass is 442 g/mol. The van der Waals surface area contributed by atoms with Crippen molar-refractivity contribution in [2.45, 2.75) is 39.3 Å². The van der Waals surface area contributed by atoms with Crippen LogP contribution in [-0.2, 0) is 4.79 Å². The van der Waals surface area contributed by atoms with E-state index in [1.807, 2.05) is 78.2 Å². The van der Waals surface area contributed by atoms with E-state index in [1.54, 1.807) is 31.4 Å². The molecule has 0 fully saturated rings. The van der Waals surface area contributed by atoms with E-state index < -0.39 is 0 Å². The molecule has 2 amide bonds. The van der Waals surface area contributed by atoms with Gasteiger partial charge in [0, 0.05) is 28.9 Å². The second-order valence-electron chi connectivity index (χ2n) is 8.76. The molecule has 3 aromatic carbocycles. The van der Waals surface area contributed by atoms with E-state index in [0.717, 1.165) is 16.9 Å². The number of carbonyl (C=O) groups is 2. The van der Waals surface area contributed by atoms with E-state index in [4.69, 9.17) is 4.74 Å². The Kier molecular flexibility index (Phi) is 6.50. The Hall–Kier alpha value is -3.60. The largest absolute Gasteiger partial charge is 0.497 e. The molecular weight excluding hydrogens is 412 g/mol. The number of nitrogens with zero attached hydrogens (tertiary/aromatic N) is 2. The number of methoxy groups -OCH3 is 1. The zero-order valence-corrected chi connectivity index (χ0v) is 19.6. The number of hydrogen-bond donors (Lipinski definition) is 0. The first-order valence-corrected chi connectivity index (χ1v) is 11.4. The van der Waals surface area contributed by atoms with E-state index in [2.05, 4.69) is 6.92 Å². The molecular formula is C28H30N2O3. The van der Waals surface area contributed by atoms with Crippen LogP contribution in [-0.4, -0.2) is 25.0 Å². The highest BCUT2D eigenvalue weighted by atomic mass is 16.5. The van der Waals surface area contributed by atoms with Crippen LogP contribution in [0.1, 0.15) is 49.2 Å². The first-order valence-electron chi connectivity index (χ1n) is 11.4. The fourth-order valence-electron chi connectivity index (χ4n) is 4.54. The molecule has 0 bridgehead atoms. The number of ether oxygens (including phenoxy) is 1. The summed E-state index contributed by atoms with van der Waals surface area (Å²) in [4.78, 5) is 30.7. The van der Waals surface area contributed by atoms with Gasteiger partial charge in [0.2, 0.25) is 5.91 Å².